The van der Waals surface area contributed by atoms with Gasteiger partial charge in [-0.2, -0.15) is 0 Å². The van der Waals surface area contributed by atoms with Crippen LogP contribution in [0.15, 0.2) is 0 Å². The molecule has 0 saturated heterocycles. The Kier molecular flexibility index (Phi) is 2.21. The summed E-state index contributed by atoms with van der Waals surface area (Å²) in [5, 5.41) is 0. The van der Waals surface area contributed by atoms with Crippen LogP contribution in [0.4, 0.5) is 0 Å². The monoisotopic (exact) mass is 102 g/mol. The van der Waals surface area contributed by atoms with Crippen LogP contribution >= 0.6 is 0 Å². The minimum atomic E-state index is -0.102. The van der Waals surface area contributed by atoms with Crippen molar-refractivity contribution in [3.8, 4) is 0 Å². The Bertz CT molecular complexity index is 53.5. The lowest BCUT2D eigenvalue weighted by molar-refractivity contribution is 0.520. The lowest BCUT2D eigenvalue weighted by Gasteiger charge is -2.05. The molecule has 0 rings (SSSR count). The third kappa shape index (κ3) is 5.96. The average molecular weight is 102 g/mol. The van der Waals surface area contributed by atoms with E-state index in [4.69, 9.17) is 7.10 Å². The van der Waals surface area contributed by atoms with Crippen LogP contribution in [0, 0.1) is 5.92 Å². The molecule has 0 spiro atoms. The van der Waals surface area contributed by atoms with E-state index in [1.807, 2.05) is 20.8 Å². The summed E-state index contributed by atoms with van der Waals surface area (Å²) in [6.07, 6.45) is -0.102. The van der Waals surface area contributed by atoms with Crippen molar-refractivity contribution in [1.29, 1.82) is 0 Å². The molecule has 0 aromatic heterocycles. The van der Waals surface area contributed by atoms with Crippen molar-refractivity contribution in [1.82, 2.24) is 0 Å². The highest BCUT2D eigenvalue weighted by molar-refractivity contribution is 4.54. The molecule has 1 heteroatoms. The molecule has 44 valence electrons. The van der Waals surface area contributed by atoms with Crippen LogP contribution < -0.4 is 5.73 Å². The summed E-state index contributed by atoms with van der Waals surface area (Å²) in [5.74, 6) is 0.384. The van der Waals surface area contributed by atoms with Crippen molar-refractivity contribution in [2.24, 2.45) is 11.7 Å². The summed E-state index contributed by atoms with van der Waals surface area (Å²) in [7, 11) is 0. The van der Waals surface area contributed by atoms with Gasteiger partial charge in [-0.05, 0) is 19.2 Å². The van der Waals surface area contributed by atoms with E-state index < -0.39 is 0 Å². The quantitative estimate of drug-likeness (QED) is 0.560. The van der Waals surface area contributed by atoms with E-state index in [-0.39, 0.29) is 12.4 Å². The van der Waals surface area contributed by atoms with Crippen LogP contribution in [0.2, 0.25) is 0 Å². The summed E-state index contributed by atoms with van der Waals surface area (Å²) in [6, 6.07) is 0.00926. The fourth-order valence-electron chi connectivity index (χ4n) is 0.607. The molecule has 0 aliphatic carbocycles. The molecule has 0 aromatic carbocycles. The molecular formula is C6H15N. The van der Waals surface area contributed by atoms with Crippen LogP contribution in [0.5, 0.6) is 0 Å². The topological polar surface area (TPSA) is 26.0 Å². The maximum absolute atomic E-state index is 7.36. The Morgan fingerprint density at radius 2 is 2.00 bits per heavy atom. The molecule has 2 N–H and O–H groups in total. The van der Waals surface area contributed by atoms with Crippen LogP contribution in [0.25, 0.3) is 0 Å². The molecule has 0 amide bonds. The number of hydrogen-bond donors (Lipinski definition) is 1. The smallest absolute Gasteiger partial charge is 0.0285 e. The van der Waals surface area contributed by atoms with Gasteiger partial charge in [0.1, 0.15) is 0 Å². The SMILES string of the molecule is [2H]C(C(C)C)[C@@H](C)N. The van der Waals surface area contributed by atoms with Gasteiger partial charge in [-0.15, -0.1) is 0 Å². The standard InChI is InChI=1S/C6H15N/c1-5(2)4-6(3)7/h5-6H,4,7H2,1-3H3/t6-/m1/s1/i4D/t4?,6-. The Hall–Kier alpha value is -0.0400. The predicted molar refractivity (Wildman–Crippen MR) is 33.1 cm³/mol. The average Bonchev–Trinajstić information content (AvgIpc) is 1.64. The van der Waals surface area contributed by atoms with Crippen LogP contribution in [0.3, 0.4) is 0 Å². The van der Waals surface area contributed by atoms with Gasteiger partial charge < -0.3 is 5.73 Å². The second-order valence-electron chi connectivity index (χ2n) is 2.30. The first-order chi connectivity index (χ1) is 3.55. The molecule has 0 aliphatic heterocycles. The first-order valence-corrected chi connectivity index (χ1v) is 2.73. The highest BCUT2D eigenvalue weighted by atomic mass is 14.6. The molecule has 7 heavy (non-hydrogen) atoms. The van der Waals surface area contributed by atoms with E-state index in [1.165, 1.54) is 0 Å². The Labute approximate surface area is 47.3 Å². The molecular weight excluding hydrogens is 86.1 g/mol. The first kappa shape index (κ1) is 5.10. The van der Waals surface area contributed by atoms with E-state index in [0.717, 1.165) is 0 Å². The second-order valence-corrected chi connectivity index (χ2v) is 2.30. The fourth-order valence-corrected chi connectivity index (χ4v) is 0.607. The third-order valence-corrected chi connectivity index (χ3v) is 0.688. The van der Waals surface area contributed by atoms with Gasteiger partial charge in [0.15, 0.2) is 0 Å². The summed E-state index contributed by atoms with van der Waals surface area (Å²) in [5.41, 5.74) is 5.45. The summed E-state index contributed by atoms with van der Waals surface area (Å²) in [6.45, 7) is 5.90. The molecule has 2 atom stereocenters. The molecule has 0 aliphatic rings. The van der Waals surface area contributed by atoms with Gasteiger partial charge in [0.25, 0.3) is 0 Å². The van der Waals surface area contributed by atoms with Gasteiger partial charge in [-0.1, -0.05) is 13.8 Å². The minimum Gasteiger partial charge on any atom is -0.328 e. The molecule has 1 unspecified atom stereocenters. The van der Waals surface area contributed by atoms with Crippen LogP contribution in [0.1, 0.15) is 28.5 Å². The molecule has 0 bridgehead atoms. The van der Waals surface area contributed by atoms with Crippen molar-refractivity contribution in [2.75, 3.05) is 0 Å². The second kappa shape index (κ2) is 3.03. The van der Waals surface area contributed by atoms with E-state index >= 15 is 0 Å². The van der Waals surface area contributed by atoms with Gasteiger partial charge in [-0.25, -0.2) is 0 Å². The van der Waals surface area contributed by atoms with Crippen molar-refractivity contribution in [3.63, 3.8) is 0 Å². The fraction of sp³-hybridized carbons (Fsp3) is 1.00. The maximum Gasteiger partial charge on any atom is 0.0285 e. The van der Waals surface area contributed by atoms with E-state index in [2.05, 4.69) is 0 Å². The molecule has 1 nitrogen and oxygen atoms in total. The van der Waals surface area contributed by atoms with E-state index in [9.17, 15) is 0 Å². The number of nitrogens with two attached hydrogens (primary N) is 1. The Morgan fingerprint density at radius 3 is 2.00 bits per heavy atom. The van der Waals surface area contributed by atoms with Gasteiger partial charge in [0, 0.05) is 7.41 Å². The maximum atomic E-state index is 7.36. The molecule has 0 aromatic rings. The van der Waals surface area contributed by atoms with Gasteiger partial charge in [0.05, 0.1) is 0 Å². The normalized spacial score (nSPS) is 21.6. The van der Waals surface area contributed by atoms with Crippen LogP contribution in [-0.2, 0) is 0 Å². The predicted octanol–water partition coefficient (Wildman–Crippen LogP) is 1.38. The van der Waals surface area contributed by atoms with E-state index in [0.29, 0.717) is 5.92 Å². The van der Waals surface area contributed by atoms with Crippen molar-refractivity contribution in [2.45, 2.75) is 33.2 Å². The highest BCUT2D eigenvalue weighted by Gasteiger charge is 1.95. The lowest BCUT2D eigenvalue weighted by atomic mass is 10.1. The number of rotatable bonds is 2. The van der Waals surface area contributed by atoms with Crippen LogP contribution in [-0.4, -0.2) is 6.04 Å². The zero-order chi connectivity index (χ0) is 6.73. The zero-order valence-electron chi connectivity index (χ0n) is 6.31. The van der Waals surface area contributed by atoms with E-state index in [1.54, 1.807) is 0 Å². The highest BCUT2D eigenvalue weighted by Crippen LogP contribution is 2.00. The summed E-state index contributed by atoms with van der Waals surface area (Å²) >= 11 is 0. The lowest BCUT2D eigenvalue weighted by Crippen LogP contribution is -2.16. The molecule has 0 radical (unpaired) electrons. The zero-order valence-corrected chi connectivity index (χ0v) is 5.31. The van der Waals surface area contributed by atoms with Crippen molar-refractivity contribution < 1.29 is 1.37 Å². The molecule has 0 fully saturated rings. The minimum absolute atomic E-state index is 0.00926. The first-order valence-electron chi connectivity index (χ1n) is 3.31. The van der Waals surface area contributed by atoms with Crippen molar-refractivity contribution >= 4 is 0 Å². The van der Waals surface area contributed by atoms with Crippen molar-refractivity contribution in [3.05, 3.63) is 0 Å². The van der Waals surface area contributed by atoms with Gasteiger partial charge >= 0.3 is 0 Å². The number of hydrogen-bond acceptors (Lipinski definition) is 1. The van der Waals surface area contributed by atoms with Gasteiger partial charge in [0.2, 0.25) is 0 Å². The largest absolute Gasteiger partial charge is 0.328 e. The Morgan fingerprint density at radius 1 is 1.57 bits per heavy atom. The summed E-state index contributed by atoms with van der Waals surface area (Å²) in [4.78, 5) is 0. The third-order valence-electron chi connectivity index (χ3n) is 0.688. The Balaban J connectivity index is 3.46. The summed E-state index contributed by atoms with van der Waals surface area (Å²) < 4.78 is 7.36. The molecule has 0 saturated carbocycles. The molecule has 0 heterocycles. The van der Waals surface area contributed by atoms with Gasteiger partial charge in [-0.3, -0.25) is 0 Å².